The van der Waals surface area contributed by atoms with Gasteiger partial charge in [-0.1, -0.05) is 29.3 Å². The van der Waals surface area contributed by atoms with Crippen LogP contribution in [0.1, 0.15) is 11.4 Å². The van der Waals surface area contributed by atoms with Crippen LogP contribution < -0.4 is 4.74 Å². The fourth-order valence-electron chi connectivity index (χ4n) is 1.74. The fourth-order valence-corrected chi connectivity index (χ4v) is 2.25. The van der Waals surface area contributed by atoms with Crippen molar-refractivity contribution in [2.75, 3.05) is 0 Å². The number of hydrogen-bond acceptors (Lipinski definition) is 6. The van der Waals surface area contributed by atoms with Gasteiger partial charge in [-0.2, -0.15) is 9.94 Å². The van der Waals surface area contributed by atoms with Crippen LogP contribution in [-0.2, 0) is 6.61 Å². The summed E-state index contributed by atoms with van der Waals surface area (Å²) in [6.07, 6.45) is 4.33. The van der Waals surface area contributed by atoms with Crippen molar-refractivity contribution >= 4 is 23.2 Å². The van der Waals surface area contributed by atoms with Crippen LogP contribution in [0.15, 0.2) is 36.9 Å². The van der Waals surface area contributed by atoms with E-state index >= 15 is 0 Å². The van der Waals surface area contributed by atoms with Gasteiger partial charge >= 0.3 is 0 Å². The molecule has 3 aromatic rings. The Morgan fingerprint density at radius 2 is 1.83 bits per heavy atom. The molecule has 23 heavy (non-hydrogen) atoms. The lowest BCUT2D eigenvalue weighted by Gasteiger charge is -2.09. The third-order valence-electron chi connectivity index (χ3n) is 2.86. The van der Waals surface area contributed by atoms with Crippen LogP contribution in [-0.4, -0.2) is 24.7 Å². The van der Waals surface area contributed by atoms with Crippen molar-refractivity contribution in [2.24, 2.45) is 0 Å². The van der Waals surface area contributed by atoms with Crippen molar-refractivity contribution < 1.29 is 4.74 Å². The number of hydrogen-bond donors (Lipinski definition) is 0. The molecule has 7 nitrogen and oxygen atoms in total. The smallest absolute Gasteiger partial charge is 0.252 e. The third kappa shape index (κ3) is 3.39. The molecule has 0 aliphatic rings. The van der Waals surface area contributed by atoms with Gasteiger partial charge in [0.05, 0.1) is 12.4 Å². The summed E-state index contributed by atoms with van der Waals surface area (Å²) in [5.41, 5.74) is 0.690. The predicted molar refractivity (Wildman–Crippen MR) is 82.5 cm³/mol. The first-order valence-electron chi connectivity index (χ1n) is 6.37. The van der Waals surface area contributed by atoms with Gasteiger partial charge < -0.3 is 4.74 Å². The van der Waals surface area contributed by atoms with Crippen molar-refractivity contribution in [2.45, 2.75) is 6.61 Å². The van der Waals surface area contributed by atoms with E-state index in [2.05, 4.69) is 20.1 Å². The van der Waals surface area contributed by atoms with E-state index < -0.39 is 0 Å². The second kappa shape index (κ2) is 6.60. The average molecular weight is 347 g/mol. The zero-order valence-corrected chi connectivity index (χ0v) is 13.0. The molecule has 114 valence electrons. The number of rotatable bonds is 4. The van der Waals surface area contributed by atoms with E-state index in [1.807, 2.05) is 6.07 Å². The molecule has 0 bridgehead atoms. The molecule has 0 unspecified atom stereocenters. The topological polar surface area (TPSA) is 89.5 Å². The second-order valence-corrected chi connectivity index (χ2v) is 5.15. The summed E-state index contributed by atoms with van der Waals surface area (Å²) in [6.45, 7) is 0.198. The molecule has 0 saturated carbocycles. The van der Waals surface area contributed by atoms with E-state index in [-0.39, 0.29) is 18.4 Å². The van der Waals surface area contributed by atoms with Gasteiger partial charge in [-0.15, -0.1) is 5.10 Å². The van der Waals surface area contributed by atoms with E-state index in [1.165, 1.54) is 23.4 Å². The molecule has 2 heterocycles. The molecule has 0 amide bonds. The maximum atomic E-state index is 8.69. The van der Waals surface area contributed by atoms with E-state index in [0.29, 0.717) is 21.4 Å². The number of ether oxygens (including phenoxy) is 1. The summed E-state index contributed by atoms with van der Waals surface area (Å²) in [4.78, 5) is 12.0. The van der Waals surface area contributed by atoms with Crippen molar-refractivity contribution in [1.29, 1.82) is 5.26 Å². The third-order valence-corrected chi connectivity index (χ3v) is 3.56. The van der Waals surface area contributed by atoms with Gasteiger partial charge in [0.2, 0.25) is 0 Å². The largest absolute Gasteiger partial charge is 0.486 e. The van der Waals surface area contributed by atoms with Crippen molar-refractivity contribution in [1.82, 2.24) is 24.7 Å². The van der Waals surface area contributed by atoms with Gasteiger partial charge in [0.15, 0.2) is 5.75 Å². The molecule has 0 aliphatic heterocycles. The molecule has 0 atom stereocenters. The number of nitrogens with zero attached hydrogens (tertiary/aromatic N) is 6. The van der Waals surface area contributed by atoms with E-state index in [4.69, 9.17) is 33.2 Å². The predicted octanol–water partition coefficient (Wildman–Crippen LogP) is 2.81. The van der Waals surface area contributed by atoms with Crippen LogP contribution in [0.3, 0.4) is 0 Å². The summed E-state index contributed by atoms with van der Waals surface area (Å²) in [5.74, 6) is 0.773. The maximum absolute atomic E-state index is 8.69. The number of benzene rings is 1. The summed E-state index contributed by atoms with van der Waals surface area (Å²) < 4.78 is 6.88. The molecule has 0 N–H and O–H groups in total. The molecule has 2 aromatic heterocycles. The van der Waals surface area contributed by atoms with Gasteiger partial charge in [-0.05, 0) is 12.1 Å². The molecule has 0 spiro atoms. The quantitative estimate of drug-likeness (QED) is 0.721. The minimum atomic E-state index is 0.0438. The van der Waals surface area contributed by atoms with E-state index in [9.17, 15) is 0 Å². The Morgan fingerprint density at radius 1 is 1.13 bits per heavy atom. The first-order chi connectivity index (χ1) is 11.2. The molecule has 0 radical (unpaired) electrons. The molecule has 3 rings (SSSR count). The van der Waals surface area contributed by atoms with Gasteiger partial charge in [0.1, 0.15) is 19.0 Å². The summed E-state index contributed by atoms with van der Waals surface area (Å²) >= 11 is 12.2. The Labute approximate surface area is 141 Å². The number of nitriles is 1. The zero-order valence-electron chi connectivity index (χ0n) is 11.5. The first-order valence-corrected chi connectivity index (χ1v) is 7.13. The number of aromatic nitrogens is 5. The second-order valence-electron chi connectivity index (χ2n) is 4.33. The maximum Gasteiger partial charge on any atom is 0.252 e. The molecule has 1 aromatic carbocycles. The number of halogens is 2. The highest BCUT2D eigenvalue weighted by Gasteiger charge is 2.08. The standard InChI is InChI=1S/C14H8Cl2N6O/c15-11-2-1-3-12(16)10(11)7-23-9-5-18-14(19-6-9)22-8-20-13(4-17)21-22/h1-3,5-6,8H,7H2. The zero-order chi connectivity index (χ0) is 16.2. The highest BCUT2D eigenvalue weighted by atomic mass is 35.5. The molecular weight excluding hydrogens is 339 g/mol. The molecule has 0 aliphatic carbocycles. The van der Waals surface area contributed by atoms with E-state index in [0.717, 1.165) is 0 Å². The van der Waals surface area contributed by atoms with E-state index in [1.54, 1.807) is 18.2 Å². The Morgan fingerprint density at radius 3 is 2.43 bits per heavy atom. The lowest BCUT2D eigenvalue weighted by atomic mass is 10.2. The highest BCUT2D eigenvalue weighted by Crippen LogP contribution is 2.25. The van der Waals surface area contributed by atoms with Gasteiger partial charge in [-0.25, -0.2) is 15.0 Å². The lowest BCUT2D eigenvalue weighted by Crippen LogP contribution is -2.03. The summed E-state index contributed by atoms with van der Waals surface area (Å²) in [7, 11) is 0. The van der Waals surface area contributed by atoms with Gasteiger partial charge in [0, 0.05) is 15.6 Å². The van der Waals surface area contributed by atoms with Crippen LogP contribution >= 0.6 is 23.2 Å². The van der Waals surface area contributed by atoms with Gasteiger partial charge in [-0.3, -0.25) is 0 Å². The van der Waals surface area contributed by atoms with Gasteiger partial charge in [0.25, 0.3) is 11.8 Å². The minimum absolute atomic E-state index is 0.0438. The van der Waals surface area contributed by atoms with Crippen LogP contribution in [0.2, 0.25) is 10.0 Å². The normalized spacial score (nSPS) is 10.3. The molecule has 0 saturated heterocycles. The summed E-state index contributed by atoms with van der Waals surface area (Å²) in [6, 6.07) is 7.07. The Kier molecular flexibility index (Phi) is 4.37. The van der Waals surface area contributed by atoms with Crippen molar-refractivity contribution in [3.63, 3.8) is 0 Å². The lowest BCUT2D eigenvalue weighted by molar-refractivity contribution is 0.303. The molecule has 0 fully saturated rings. The van der Waals surface area contributed by atoms with Crippen molar-refractivity contribution in [3.05, 3.63) is 58.4 Å². The summed E-state index contributed by atoms with van der Waals surface area (Å²) in [5, 5.41) is 13.6. The monoisotopic (exact) mass is 346 g/mol. The SMILES string of the molecule is N#Cc1ncn(-c2ncc(OCc3c(Cl)cccc3Cl)cn2)n1. The molecule has 9 heteroatoms. The van der Waals surface area contributed by atoms with Crippen LogP contribution in [0, 0.1) is 11.3 Å². The Hall–Kier alpha value is -2.69. The highest BCUT2D eigenvalue weighted by molar-refractivity contribution is 6.35. The van der Waals surface area contributed by atoms with Crippen LogP contribution in [0.25, 0.3) is 5.95 Å². The van der Waals surface area contributed by atoms with Crippen LogP contribution in [0.5, 0.6) is 5.75 Å². The van der Waals surface area contributed by atoms with Crippen molar-refractivity contribution in [3.8, 4) is 17.8 Å². The van der Waals surface area contributed by atoms with Crippen LogP contribution in [0.4, 0.5) is 0 Å². The minimum Gasteiger partial charge on any atom is -0.486 e. The fraction of sp³-hybridized carbons (Fsp3) is 0.0714. The molecular formula is C14H8Cl2N6O. The Bertz CT molecular complexity index is 851. The average Bonchev–Trinajstić information content (AvgIpc) is 3.04. The first kappa shape index (κ1) is 15.2. The Balaban J connectivity index is 1.72.